The molecule has 2 heterocycles. The van der Waals surface area contributed by atoms with E-state index in [9.17, 15) is 9.18 Å². The van der Waals surface area contributed by atoms with Crippen molar-refractivity contribution in [2.45, 2.75) is 26.3 Å². The fourth-order valence-corrected chi connectivity index (χ4v) is 4.50. The van der Waals surface area contributed by atoms with Gasteiger partial charge in [0.2, 0.25) is 5.91 Å². The number of rotatable bonds is 7. The molecule has 2 aromatic carbocycles. The van der Waals surface area contributed by atoms with Crippen LogP contribution in [0, 0.1) is 11.2 Å². The standard InChI is InChI=1S/C26H28FN3O/c1-2-29-25(31)26(12-14-30(19-26)18-23-8-3-4-11-24(23)27)16-20-7-5-9-21(15-20)22-10-6-13-28-17-22/h3-11,13,15,17H,2,12,14,16,18-19H2,1H3,(H,29,31). The summed E-state index contributed by atoms with van der Waals surface area (Å²) in [6.45, 7) is 4.45. The van der Waals surface area contributed by atoms with E-state index in [0.29, 0.717) is 31.6 Å². The Bertz CT molecular complexity index is 1040. The number of nitrogens with zero attached hydrogens (tertiary/aromatic N) is 2. The fourth-order valence-electron chi connectivity index (χ4n) is 4.50. The Balaban J connectivity index is 1.56. The summed E-state index contributed by atoms with van der Waals surface area (Å²) >= 11 is 0. The van der Waals surface area contributed by atoms with Crippen molar-refractivity contribution < 1.29 is 9.18 Å². The predicted molar refractivity (Wildman–Crippen MR) is 121 cm³/mol. The first-order valence-corrected chi connectivity index (χ1v) is 10.8. The molecule has 1 amide bonds. The summed E-state index contributed by atoms with van der Waals surface area (Å²) in [6.07, 6.45) is 5.02. The molecular weight excluding hydrogens is 389 g/mol. The molecule has 4 rings (SSSR count). The van der Waals surface area contributed by atoms with E-state index in [0.717, 1.165) is 29.7 Å². The summed E-state index contributed by atoms with van der Waals surface area (Å²) in [7, 11) is 0. The van der Waals surface area contributed by atoms with Gasteiger partial charge in [0.05, 0.1) is 5.41 Å². The molecule has 1 saturated heterocycles. The lowest BCUT2D eigenvalue weighted by Gasteiger charge is -2.28. The lowest BCUT2D eigenvalue weighted by molar-refractivity contribution is -0.130. The molecule has 3 aromatic rings. The molecule has 4 nitrogen and oxygen atoms in total. The SMILES string of the molecule is CCNC(=O)C1(Cc2cccc(-c3cccnc3)c2)CCN(Cc2ccccc2F)C1. The maximum atomic E-state index is 14.2. The third kappa shape index (κ3) is 4.83. The zero-order chi connectivity index (χ0) is 21.7. The highest BCUT2D eigenvalue weighted by Crippen LogP contribution is 2.36. The van der Waals surface area contributed by atoms with Crippen LogP contribution in [0.3, 0.4) is 0 Å². The molecule has 0 spiro atoms. The van der Waals surface area contributed by atoms with E-state index in [-0.39, 0.29) is 11.7 Å². The van der Waals surface area contributed by atoms with Crippen LogP contribution in [0.2, 0.25) is 0 Å². The number of carbonyl (C=O) groups excluding carboxylic acids is 1. The number of benzene rings is 2. The van der Waals surface area contributed by atoms with Gasteiger partial charge in [-0.15, -0.1) is 0 Å². The first-order chi connectivity index (χ1) is 15.1. The molecule has 160 valence electrons. The van der Waals surface area contributed by atoms with Crippen LogP contribution in [-0.2, 0) is 17.8 Å². The van der Waals surface area contributed by atoms with E-state index in [4.69, 9.17) is 0 Å². The third-order valence-electron chi connectivity index (χ3n) is 6.07. The molecule has 0 radical (unpaired) electrons. The summed E-state index contributed by atoms with van der Waals surface area (Å²) in [5.74, 6) is -0.111. The normalized spacial score (nSPS) is 18.8. The van der Waals surface area contributed by atoms with Gasteiger partial charge in [0.1, 0.15) is 5.82 Å². The van der Waals surface area contributed by atoms with Gasteiger partial charge in [0.15, 0.2) is 0 Å². The number of aromatic nitrogens is 1. The molecule has 1 aliphatic rings. The monoisotopic (exact) mass is 417 g/mol. The Morgan fingerprint density at radius 2 is 1.97 bits per heavy atom. The minimum Gasteiger partial charge on any atom is -0.356 e. The average molecular weight is 418 g/mol. The van der Waals surface area contributed by atoms with E-state index in [1.807, 2.05) is 43.5 Å². The minimum atomic E-state index is -0.519. The largest absolute Gasteiger partial charge is 0.356 e. The van der Waals surface area contributed by atoms with E-state index in [1.54, 1.807) is 12.3 Å². The highest BCUT2D eigenvalue weighted by molar-refractivity contribution is 5.83. The van der Waals surface area contributed by atoms with Gasteiger partial charge in [-0.2, -0.15) is 0 Å². The molecule has 0 saturated carbocycles. The van der Waals surface area contributed by atoms with E-state index in [1.165, 1.54) is 6.07 Å². The Morgan fingerprint density at radius 1 is 1.13 bits per heavy atom. The van der Waals surface area contributed by atoms with E-state index in [2.05, 4.69) is 33.4 Å². The number of carbonyl (C=O) groups is 1. The molecule has 1 aliphatic heterocycles. The summed E-state index contributed by atoms with van der Waals surface area (Å²) in [6, 6.07) is 19.2. The summed E-state index contributed by atoms with van der Waals surface area (Å²) in [4.78, 5) is 19.6. The first-order valence-electron chi connectivity index (χ1n) is 10.8. The van der Waals surface area contributed by atoms with Crippen LogP contribution in [0.1, 0.15) is 24.5 Å². The minimum absolute atomic E-state index is 0.0813. The molecule has 1 aromatic heterocycles. The lowest BCUT2D eigenvalue weighted by Crippen LogP contribution is -2.44. The number of amides is 1. The molecule has 1 unspecified atom stereocenters. The number of hydrogen-bond acceptors (Lipinski definition) is 3. The van der Waals surface area contributed by atoms with E-state index >= 15 is 0 Å². The Kier molecular flexibility index (Phi) is 6.42. The molecule has 1 fully saturated rings. The van der Waals surface area contributed by atoms with Crippen molar-refractivity contribution in [1.82, 2.24) is 15.2 Å². The second kappa shape index (κ2) is 9.40. The van der Waals surface area contributed by atoms with Crippen LogP contribution in [0.5, 0.6) is 0 Å². The predicted octanol–water partition coefficient (Wildman–Crippen LogP) is 4.46. The molecule has 31 heavy (non-hydrogen) atoms. The molecule has 5 heteroatoms. The van der Waals surface area contributed by atoms with Crippen molar-refractivity contribution in [3.8, 4) is 11.1 Å². The zero-order valence-corrected chi connectivity index (χ0v) is 17.9. The summed E-state index contributed by atoms with van der Waals surface area (Å²) in [5.41, 5.74) is 3.43. The zero-order valence-electron chi connectivity index (χ0n) is 17.9. The number of pyridine rings is 1. The number of likely N-dealkylation sites (tertiary alicyclic amines) is 1. The molecular formula is C26H28FN3O. The van der Waals surface area contributed by atoms with Gasteiger partial charge in [-0.05, 0) is 55.1 Å². The Morgan fingerprint density at radius 3 is 2.74 bits per heavy atom. The second-order valence-electron chi connectivity index (χ2n) is 8.31. The third-order valence-corrected chi connectivity index (χ3v) is 6.07. The Labute approximate surface area is 183 Å². The van der Waals surface area contributed by atoms with Crippen LogP contribution < -0.4 is 5.32 Å². The average Bonchev–Trinajstić information content (AvgIpc) is 3.20. The van der Waals surface area contributed by atoms with Gasteiger partial charge in [0.25, 0.3) is 0 Å². The highest BCUT2D eigenvalue weighted by Gasteiger charge is 2.44. The number of halogens is 1. The lowest BCUT2D eigenvalue weighted by atomic mass is 9.79. The van der Waals surface area contributed by atoms with E-state index < -0.39 is 5.41 Å². The van der Waals surface area contributed by atoms with Crippen molar-refractivity contribution in [1.29, 1.82) is 0 Å². The summed E-state index contributed by atoms with van der Waals surface area (Å²) < 4.78 is 14.2. The van der Waals surface area contributed by atoms with Gasteiger partial charge in [-0.1, -0.05) is 48.5 Å². The molecule has 0 bridgehead atoms. The van der Waals surface area contributed by atoms with Gasteiger partial charge < -0.3 is 5.32 Å². The number of nitrogens with one attached hydrogen (secondary N) is 1. The topological polar surface area (TPSA) is 45.2 Å². The van der Waals surface area contributed by atoms with Crippen molar-refractivity contribution >= 4 is 5.91 Å². The van der Waals surface area contributed by atoms with Crippen LogP contribution in [0.4, 0.5) is 4.39 Å². The highest BCUT2D eigenvalue weighted by atomic mass is 19.1. The molecule has 1 atom stereocenters. The maximum Gasteiger partial charge on any atom is 0.227 e. The number of hydrogen-bond donors (Lipinski definition) is 1. The van der Waals surface area contributed by atoms with Crippen LogP contribution in [0.15, 0.2) is 73.1 Å². The van der Waals surface area contributed by atoms with Gasteiger partial charge in [-0.3, -0.25) is 14.7 Å². The Hall–Kier alpha value is -3.05. The van der Waals surface area contributed by atoms with Crippen molar-refractivity contribution in [3.05, 3.63) is 90.0 Å². The summed E-state index contributed by atoms with van der Waals surface area (Å²) in [5, 5.41) is 3.04. The quantitative estimate of drug-likeness (QED) is 0.617. The smallest absolute Gasteiger partial charge is 0.227 e. The van der Waals surface area contributed by atoms with Crippen LogP contribution >= 0.6 is 0 Å². The van der Waals surface area contributed by atoms with Crippen LogP contribution in [-0.4, -0.2) is 35.4 Å². The van der Waals surface area contributed by atoms with Gasteiger partial charge in [0, 0.05) is 37.6 Å². The van der Waals surface area contributed by atoms with Crippen molar-refractivity contribution in [2.75, 3.05) is 19.6 Å². The maximum absolute atomic E-state index is 14.2. The van der Waals surface area contributed by atoms with Gasteiger partial charge in [-0.25, -0.2) is 4.39 Å². The first kappa shape index (κ1) is 21.2. The molecule has 1 N–H and O–H groups in total. The second-order valence-corrected chi connectivity index (χ2v) is 8.31. The van der Waals surface area contributed by atoms with Gasteiger partial charge >= 0.3 is 0 Å². The van der Waals surface area contributed by atoms with Crippen LogP contribution in [0.25, 0.3) is 11.1 Å². The van der Waals surface area contributed by atoms with Crippen molar-refractivity contribution in [3.63, 3.8) is 0 Å². The van der Waals surface area contributed by atoms with Crippen molar-refractivity contribution in [2.24, 2.45) is 5.41 Å². The molecule has 0 aliphatic carbocycles. The fraction of sp³-hybridized carbons (Fsp3) is 0.308.